The minimum atomic E-state index is -0.228. The lowest BCUT2D eigenvalue weighted by atomic mass is 10.3. The van der Waals surface area contributed by atoms with E-state index in [0.29, 0.717) is 11.4 Å². The first kappa shape index (κ1) is 8.94. The molecule has 0 radical (unpaired) electrons. The molecule has 0 unspecified atom stereocenters. The fourth-order valence-electron chi connectivity index (χ4n) is 1.44. The number of aryl methyl sites for hydroxylation is 1. The third-order valence-corrected chi connectivity index (χ3v) is 2.20. The van der Waals surface area contributed by atoms with Crippen molar-refractivity contribution in [2.45, 2.75) is 13.8 Å². The molecule has 3 heteroatoms. The van der Waals surface area contributed by atoms with Crippen LogP contribution in [0.25, 0.3) is 5.69 Å². The maximum Gasteiger partial charge on any atom is 0.167 e. The number of benzene rings is 1. The number of aromatic nitrogens is 2. The number of para-hydroxylation sites is 1. The van der Waals surface area contributed by atoms with Gasteiger partial charge in [-0.1, -0.05) is 18.2 Å². The van der Waals surface area contributed by atoms with Gasteiger partial charge in [-0.15, -0.1) is 0 Å². The van der Waals surface area contributed by atoms with Gasteiger partial charge in [-0.3, -0.25) is 0 Å². The third kappa shape index (κ3) is 1.31. The van der Waals surface area contributed by atoms with E-state index in [9.17, 15) is 4.39 Å². The number of halogens is 1. The number of hydrogen-bond donors (Lipinski definition) is 0. The van der Waals surface area contributed by atoms with E-state index < -0.39 is 0 Å². The molecule has 72 valence electrons. The molecule has 2 aromatic rings. The van der Waals surface area contributed by atoms with Crippen molar-refractivity contribution >= 4 is 0 Å². The molecule has 14 heavy (non-hydrogen) atoms. The Morgan fingerprint density at radius 3 is 2.29 bits per heavy atom. The van der Waals surface area contributed by atoms with Gasteiger partial charge in [-0.05, 0) is 26.0 Å². The minimum Gasteiger partial charge on any atom is -0.235 e. The zero-order valence-electron chi connectivity index (χ0n) is 8.16. The molecule has 0 amide bonds. The van der Waals surface area contributed by atoms with Crippen LogP contribution in [0, 0.1) is 19.7 Å². The Kier molecular flexibility index (Phi) is 2.08. The van der Waals surface area contributed by atoms with Crippen LogP contribution in [0.2, 0.25) is 0 Å². The van der Waals surface area contributed by atoms with Gasteiger partial charge in [0, 0.05) is 0 Å². The summed E-state index contributed by atoms with van der Waals surface area (Å²) in [5, 5.41) is 4.12. The predicted octanol–water partition coefficient (Wildman–Crippen LogP) is 2.63. The van der Waals surface area contributed by atoms with Crippen LogP contribution in [0.4, 0.5) is 4.39 Å². The zero-order valence-corrected chi connectivity index (χ0v) is 8.16. The van der Waals surface area contributed by atoms with E-state index in [-0.39, 0.29) is 5.82 Å². The zero-order chi connectivity index (χ0) is 10.1. The highest BCUT2D eigenvalue weighted by molar-refractivity contribution is 5.33. The average molecular weight is 190 g/mol. The van der Waals surface area contributed by atoms with E-state index in [1.54, 1.807) is 18.5 Å². The molecule has 0 saturated heterocycles. The summed E-state index contributed by atoms with van der Waals surface area (Å²) in [6, 6.07) is 9.54. The molecule has 0 atom stereocenters. The molecule has 1 aromatic carbocycles. The summed E-state index contributed by atoms with van der Waals surface area (Å²) in [6.45, 7) is 3.39. The molecule has 0 aliphatic rings. The van der Waals surface area contributed by atoms with Crippen LogP contribution >= 0.6 is 0 Å². The maximum atomic E-state index is 13.4. The van der Waals surface area contributed by atoms with Gasteiger partial charge in [0.15, 0.2) is 5.82 Å². The van der Waals surface area contributed by atoms with Gasteiger partial charge in [0.1, 0.15) is 0 Å². The van der Waals surface area contributed by atoms with Crippen LogP contribution in [0.5, 0.6) is 0 Å². The highest BCUT2D eigenvalue weighted by Crippen LogP contribution is 2.15. The summed E-state index contributed by atoms with van der Waals surface area (Å²) < 4.78 is 15.0. The summed E-state index contributed by atoms with van der Waals surface area (Å²) >= 11 is 0. The average Bonchev–Trinajstić information content (AvgIpc) is 2.47. The summed E-state index contributed by atoms with van der Waals surface area (Å²) in [4.78, 5) is 0. The van der Waals surface area contributed by atoms with Gasteiger partial charge < -0.3 is 0 Å². The van der Waals surface area contributed by atoms with Crippen LogP contribution in [0.15, 0.2) is 30.3 Å². The molecule has 2 nitrogen and oxygen atoms in total. The Bertz CT molecular complexity index is 446. The lowest BCUT2D eigenvalue weighted by Gasteiger charge is -2.02. The summed E-state index contributed by atoms with van der Waals surface area (Å²) in [5.74, 6) is -0.228. The van der Waals surface area contributed by atoms with Crippen molar-refractivity contribution in [3.63, 3.8) is 0 Å². The van der Waals surface area contributed by atoms with Crippen molar-refractivity contribution in [3.05, 3.63) is 47.5 Å². The lowest BCUT2D eigenvalue weighted by molar-refractivity contribution is 0.608. The van der Waals surface area contributed by atoms with E-state index in [1.165, 1.54) is 0 Å². The van der Waals surface area contributed by atoms with E-state index in [4.69, 9.17) is 0 Å². The fourth-order valence-corrected chi connectivity index (χ4v) is 1.44. The Morgan fingerprint density at radius 2 is 1.79 bits per heavy atom. The summed E-state index contributed by atoms with van der Waals surface area (Å²) in [7, 11) is 0. The highest BCUT2D eigenvalue weighted by Gasteiger charge is 2.11. The van der Waals surface area contributed by atoms with Crippen LogP contribution in [-0.2, 0) is 0 Å². The predicted molar refractivity (Wildman–Crippen MR) is 53.0 cm³/mol. The van der Waals surface area contributed by atoms with Gasteiger partial charge in [-0.2, -0.15) is 5.10 Å². The normalized spacial score (nSPS) is 10.5. The van der Waals surface area contributed by atoms with Crippen molar-refractivity contribution in [1.82, 2.24) is 9.78 Å². The smallest absolute Gasteiger partial charge is 0.167 e. The Morgan fingerprint density at radius 1 is 1.14 bits per heavy atom. The van der Waals surface area contributed by atoms with Crippen molar-refractivity contribution in [2.75, 3.05) is 0 Å². The first-order valence-corrected chi connectivity index (χ1v) is 4.47. The largest absolute Gasteiger partial charge is 0.235 e. The number of hydrogen-bond acceptors (Lipinski definition) is 1. The van der Waals surface area contributed by atoms with Gasteiger partial charge in [0.05, 0.1) is 17.1 Å². The van der Waals surface area contributed by atoms with Crippen LogP contribution in [0.3, 0.4) is 0 Å². The molecule has 0 saturated carbocycles. The lowest BCUT2D eigenvalue weighted by Crippen LogP contribution is -1.98. The van der Waals surface area contributed by atoms with E-state index in [1.807, 2.05) is 30.3 Å². The summed E-state index contributed by atoms with van der Waals surface area (Å²) in [5.41, 5.74) is 1.87. The Hall–Kier alpha value is -1.64. The monoisotopic (exact) mass is 190 g/mol. The Labute approximate surface area is 82.0 Å². The molecule has 0 fully saturated rings. The number of rotatable bonds is 1. The quantitative estimate of drug-likeness (QED) is 0.676. The molecule has 0 aliphatic heterocycles. The van der Waals surface area contributed by atoms with E-state index in [0.717, 1.165) is 5.69 Å². The topological polar surface area (TPSA) is 17.8 Å². The molecule has 0 spiro atoms. The Balaban J connectivity index is 2.58. The van der Waals surface area contributed by atoms with Gasteiger partial charge in [0.25, 0.3) is 0 Å². The molecular formula is C11H11FN2. The highest BCUT2D eigenvalue weighted by atomic mass is 19.1. The van der Waals surface area contributed by atoms with Crippen LogP contribution in [-0.4, -0.2) is 9.78 Å². The van der Waals surface area contributed by atoms with Crippen molar-refractivity contribution in [1.29, 1.82) is 0 Å². The van der Waals surface area contributed by atoms with Crippen LogP contribution < -0.4 is 0 Å². The van der Waals surface area contributed by atoms with Crippen molar-refractivity contribution in [2.24, 2.45) is 0 Å². The van der Waals surface area contributed by atoms with Crippen molar-refractivity contribution < 1.29 is 4.39 Å². The van der Waals surface area contributed by atoms with Gasteiger partial charge in [-0.25, -0.2) is 9.07 Å². The second kappa shape index (κ2) is 3.25. The standard InChI is InChI=1S/C11H11FN2/c1-8-11(12)9(2)14(13-8)10-6-4-3-5-7-10/h3-7H,1-2H3. The molecule has 0 aliphatic carbocycles. The van der Waals surface area contributed by atoms with E-state index in [2.05, 4.69) is 5.10 Å². The van der Waals surface area contributed by atoms with E-state index >= 15 is 0 Å². The van der Waals surface area contributed by atoms with Gasteiger partial charge in [0.2, 0.25) is 0 Å². The molecule has 0 N–H and O–H groups in total. The molecule has 0 bridgehead atoms. The molecule has 1 aromatic heterocycles. The SMILES string of the molecule is Cc1nn(-c2ccccc2)c(C)c1F. The summed E-state index contributed by atoms with van der Waals surface area (Å²) in [6.07, 6.45) is 0. The third-order valence-electron chi connectivity index (χ3n) is 2.20. The van der Waals surface area contributed by atoms with Gasteiger partial charge >= 0.3 is 0 Å². The second-order valence-electron chi connectivity index (χ2n) is 3.23. The fraction of sp³-hybridized carbons (Fsp3) is 0.182. The van der Waals surface area contributed by atoms with Crippen molar-refractivity contribution in [3.8, 4) is 5.69 Å². The molecule has 2 rings (SSSR count). The molecular weight excluding hydrogens is 179 g/mol. The first-order valence-electron chi connectivity index (χ1n) is 4.47. The number of nitrogens with zero attached hydrogens (tertiary/aromatic N) is 2. The molecule has 1 heterocycles. The first-order chi connectivity index (χ1) is 6.70. The maximum absolute atomic E-state index is 13.4. The second-order valence-corrected chi connectivity index (χ2v) is 3.23. The minimum absolute atomic E-state index is 0.228. The van der Waals surface area contributed by atoms with Crippen LogP contribution in [0.1, 0.15) is 11.4 Å².